The van der Waals surface area contributed by atoms with E-state index in [1.54, 1.807) is 49.1 Å². The number of rotatable bonds is 5. The minimum absolute atomic E-state index is 0.0658. The van der Waals surface area contributed by atoms with Crippen molar-refractivity contribution in [1.82, 2.24) is 5.32 Å². The van der Waals surface area contributed by atoms with Gasteiger partial charge in [-0.1, -0.05) is 11.3 Å². The quantitative estimate of drug-likeness (QED) is 0.632. The van der Waals surface area contributed by atoms with E-state index in [-0.39, 0.29) is 12.5 Å². The van der Waals surface area contributed by atoms with E-state index in [0.717, 1.165) is 21.5 Å². The molecule has 31 heavy (non-hydrogen) atoms. The number of hydrogen-bond donors (Lipinski definition) is 2. The molecule has 1 aliphatic rings. The highest BCUT2D eigenvalue weighted by Crippen LogP contribution is 2.29. The number of amides is 3. The average Bonchev–Trinajstić information content (AvgIpc) is 2.96. The number of benzene rings is 1. The molecule has 1 aromatic heterocycles. The van der Waals surface area contributed by atoms with Crippen LogP contribution in [0.5, 0.6) is 5.06 Å². The van der Waals surface area contributed by atoms with Gasteiger partial charge in [-0.05, 0) is 79.0 Å². The molecule has 8 nitrogen and oxygen atoms in total. The number of nitrogens with one attached hydrogen (secondary N) is 2. The lowest BCUT2D eigenvalue weighted by Crippen LogP contribution is -2.53. The van der Waals surface area contributed by atoms with Gasteiger partial charge in [0.15, 0.2) is 5.06 Å². The molecule has 1 saturated heterocycles. The van der Waals surface area contributed by atoms with Crippen LogP contribution in [-0.4, -0.2) is 43.2 Å². The minimum atomic E-state index is -1.21. The topological polar surface area (TPSA) is 97.0 Å². The Hall–Kier alpha value is -2.43. The molecule has 1 aromatic carbocycles. The number of nitrogens with zero attached hydrogens (tertiary/aromatic N) is 1. The second-order valence-electron chi connectivity index (χ2n) is 7.60. The first kappa shape index (κ1) is 23.2. The molecular weight excluding hydrogens is 486 g/mol. The van der Waals surface area contributed by atoms with E-state index in [1.807, 2.05) is 6.92 Å². The zero-order valence-electron chi connectivity index (χ0n) is 17.5. The number of carbonyl (C=O) groups excluding carboxylic acids is 3. The smallest absolute Gasteiger partial charge is 0.399 e. The monoisotopic (exact) mass is 509 g/mol. The fraction of sp³-hybridized carbons (Fsp3) is 0.381. The van der Waals surface area contributed by atoms with Crippen LogP contribution in [0.25, 0.3) is 0 Å². The van der Waals surface area contributed by atoms with Crippen molar-refractivity contribution in [2.24, 2.45) is 0 Å². The third kappa shape index (κ3) is 6.05. The van der Waals surface area contributed by atoms with E-state index in [4.69, 9.17) is 9.47 Å². The van der Waals surface area contributed by atoms with E-state index in [9.17, 15) is 14.4 Å². The van der Waals surface area contributed by atoms with Crippen molar-refractivity contribution in [3.63, 3.8) is 0 Å². The summed E-state index contributed by atoms with van der Waals surface area (Å²) in [5.41, 5.74) is 0.990. The normalized spacial score (nSPS) is 14.7. The summed E-state index contributed by atoms with van der Waals surface area (Å²) in [4.78, 5) is 38.9. The van der Waals surface area contributed by atoms with Gasteiger partial charge in [0, 0.05) is 24.5 Å². The maximum absolute atomic E-state index is 12.8. The molecule has 2 N–H and O–H groups in total. The molecule has 3 amide bonds. The number of thiophene rings is 1. The van der Waals surface area contributed by atoms with E-state index >= 15 is 0 Å². The summed E-state index contributed by atoms with van der Waals surface area (Å²) in [5.74, 6) is -0.484. The van der Waals surface area contributed by atoms with Crippen LogP contribution in [0.1, 0.15) is 25.8 Å². The van der Waals surface area contributed by atoms with Crippen LogP contribution >= 0.6 is 27.3 Å². The highest BCUT2D eigenvalue weighted by atomic mass is 79.9. The molecule has 0 bridgehead atoms. The van der Waals surface area contributed by atoms with Crippen molar-refractivity contribution in [3.8, 4) is 5.06 Å². The van der Waals surface area contributed by atoms with Gasteiger partial charge >= 0.3 is 6.09 Å². The van der Waals surface area contributed by atoms with Crippen molar-refractivity contribution in [2.75, 3.05) is 30.0 Å². The van der Waals surface area contributed by atoms with Crippen molar-refractivity contribution >= 4 is 56.5 Å². The molecule has 2 heterocycles. The Kier molecular flexibility index (Phi) is 7.34. The van der Waals surface area contributed by atoms with Crippen LogP contribution in [0.15, 0.2) is 34.1 Å². The van der Waals surface area contributed by atoms with Gasteiger partial charge in [0.25, 0.3) is 5.91 Å². The van der Waals surface area contributed by atoms with E-state index in [2.05, 4.69) is 26.6 Å². The first-order valence-corrected chi connectivity index (χ1v) is 11.3. The van der Waals surface area contributed by atoms with Crippen molar-refractivity contribution in [1.29, 1.82) is 0 Å². The van der Waals surface area contributed by atoms with Crippen LogP contribution in [-0.2, 0) is 14.3 Å². The van der Waals surface area contributed by atoms with Gasteiger partial charge in [0.05, 0.1) is 3.79 Å². The SMILES string of the molecule is Cc1cc(NC(=O)C(C)(C)NC(=O)Oc2ccc(Br)s2)ccc1N1CCCOCC1=O. The number of anilines is 2. The Morgan fingerprint density at radius 2 is 2.03 bits per heavy atom. The number of aryl methyl sites for hydroxylation is 1. The molecule has 166 valence electrons. The molecule has 0 radical (unpaired) electrons. The zero-order valence-corrected chi connectivity index (χ0v) is 19.9. The molecule has 1 aliphatic heterocycles. The number of carbonyl (C=O) groups is 3. The molecule has 0 atom stereocenters. The lowest BCUT2D eigenvalue weighted by molar-refractivity contribution is -0.122. The van der Waals surface area contributed by atoms with Gasteiger partial charge in [-0.2, -0.15) is 0 Å². The summed E-state index contributed by atoms with van der Waals surface area (Å²) in [6.07, 6.45) is 0.0464. The fourth-order valence-electron chi connectivity index (χ4n) is 3.05. The number of hydrogen-bond acceptors (Lipinski definition) is 6. The predicted molar refractivity (Wildman–Crippen MR) is 123 cm³/mol. The average molecular weight is 510 g/mol. The molecule has 0 unspecified atom stereocenters. The highest BCUT2D eigenvalue weighted by molar-refractivity contribution is 9.11. The molecule has 0 spiro atoms. The van der Waals surface area contributed by atoms with Gasteiger partial charge in [-0.15, -0.1) is 0 Å². The van der Waals surface area contributed by atoms with Gasteiger partial charge in [0.1, 0.15) is 12.1 Å². The molecular formula is C21H24BrN3O5S. The number of halogens is 1. The van der Waals surface area contributed by atoms with Crippen LogP contribution in [0.4, 0.5) is 16.2 Å². The van der Waals surface area contributed by atoms with Crippen molar-refractivity contribution < 1.29 is 23.9 Å². The van der Waals surface area contributed by atoms with Gasteiger partial charge in [0.2, 0.25) is 5.91 Å². The molecule has 3 rings (SSSR count). The molecule has 1 fully saturated rings. The second kappa shape index (κ2) is 9.80. The molecule has 10 heteroatoms. The largest absolute Gasteiger partial charge is 0.414 e. The minimum Gasteiger partial charge on any atom is -0.399 e. The summed E-state index contributed by atoms with van der Waals surface area (Å²) in [6.45, 7) is 6.27. The Bertz CT molecular complexity index is 991. The van der Waals surface area contributed by atoms with Crippen LogP contribution < -0.4 is 20.3 Å². The molecule has 0 aliphatic carbocycles. The van der Waals surface area contributed by atoms with Gasteiger partial charge < -0.3 is 25.0 Å². The summed E-state index contributed by atoms with van der Waals surface area (Å²) < 4.78 is 11.3. The third-order valence-corrected chi connectivity index (χ3v) is 6.17. The standard InChI is InChI=1S/C21H24BrN3O5S/c1-13-11-14(5-6-15(13)25-9-4-10-29-12-17(25)26)23-19(27)21(2,3)24-20(28)30-18-8-7-16(22)31-18/h5-8,11H,4,9-10,12H2,1-3H3,(H,23,27)(H,24,28). The summed E-state index contributed by atoms with van der Waals surface area (Å²) >= 11 is 4.57. The first-order chi connectivity index (χ1) is 14.7. The van der Waals surface area contributed by atoms with Crippen LogP contribution in [0, 0.1) is 6.92 Å². The van der Waals surface area contributed by atoms with E-state index < -0.39 is 17.5 Å². The van der Waals surface area contributed by atoms with Gasteiger partial charge in [-0.25, -0.2) is 4.79 Å². The van der Waals surface area contributed by atoms with Crippen molar-refractivity contribution in [3.05, 3.63) is 39.7 Å². The van der Waals surface area contributed by atoms with Gasteiger partial charge in [-0.3, -0.25) is 9.59 Å². The predicted octanol–water partition coefficient (Wildman–Crippen LogP) is 4.08. The van der Waals surface area contributed by atoms with Crippen LogP contribution in [0.3, 0.4) is 0 Å². The summed E-state index contributed by atoms with van der Waals surface area (Å²) in [5, 5.41) is 5.80. The maximum Gasteiger partial charge on any atom is 0.414 e. The second-order valence-corrected chi connectivity index (χ2v) is 10.0. The summed E-state index contributed by atoms with van der Waals surface area (Å²) in [7, 11) is 0. The lowest BCUT2D eigenvalue weighted by Gasteiger charge is -2.25. The Balaban J connectivity index is 1.64. The highest BCUT2D eigenvalue weighted by Gasteiger charge is 2.31. The third-order valence-electron chi connectivity index (χ3n) is 4.67. The van der Waals surface area contributed by atoms with E-state index in [1.165, 1.54) is 11.3 Å². The summed E-state index contributed by atoms with van der Waals surface area (Å²) in [6, 6.07) is 8.76. The lowest BCUT2D eigenvalue weighted by atomic mass is 10.0. The number of ether oxygens (including phenoxy) is 2. The molecule has 2 aromatic rings. The Morgan fingerprint density at radius 1 is 1.26 bits per heavy atom. The Labute approximate surface area is 193 Å². The fourth-order valence-corrected chi connectivity index (χ4v) is 4.24. The van der Waals surface area contributed by atoms with E-state index in [0.29, 0.717) is 23.9 Å². The maximum atomic E-state index is 12.8. The van der Waals surface area contributed by atoms with Crippen LogP contribution in [0.2, 0.25) is 0 Å². The first-order valence-electron chi connectivity index (χ1n) is 9.71. The Morgan fingerprint density at radius 3 is 2.71 bits per heavy atom. The zero-order chi connectivity index (χ0) is 22.6. The van der Waals surface area contributed by atoms with Crippen molar-refractivity contribution in [2.45, 2.75) is 32.7 Å². The molecule has 0 saturated carbocycles.